The van der Waals surface area contributed by atoms with Crippen molar-refractivity contribution in [1.29, 1.82) is 0 Å². The van der Waals surface area contributed by atoms with Gasteiger partial charge in [-0.05, 0) is 65.6 Å². The van der Waals surface area contributed by atoms with Crippen LogP contribution in [0.25, 0.3) is 0 Å². The molecule has 0 atom stereocenters. The molecule has 0 saturated carbocycles. The monoisotopic (exact) mass is 321 g/mol. The molecule has 0 heterocycles. The zero-order valence-corrected chi connectivity index (χ0v) is 12.7. The molecule has 18 heavy (non-hydrogen) atoms. The van der Waals surface area contributed by atoms with Crippen molar-refractivity contribution in [3.8, 4) is 0 Å². The standard InChI is InChI=1S/C15H16BrNS/c1-11-3-2-4-13(9-11)18-15-6-5-12(7-8-17)10-14(15)16/h2-6,9-10H,7-8,17H2,1H3. The molecule has 0 amide bonds. The van der Waals surface area contributed by atoms with E-state index in [1.165, 1.54) is 20.9 Å². The summed E-state index contributed by atoms with van der Waals surface area (Å²) < 4.78 is 1.14. The van der Waals surface area contributed by atoms with Gasteiger partial charge in [0.1, 0.15) is 0 Å². The minimum Gasteiger partial charge on any atom is -0.330 e. The fraction of sp³-hybridized carbons (Fsp3) is 0.200. The van der Waals surface area contributed by atoms with Gasteiger partial charge >= 0.3 is 0 Å². The van der Waals surface area contributed by atoms with E-state index in [1.54, 1.807) is 11.8 Å². The fourth-order valence-electron chi connectivity index (χ4n) is 1.76. The summed E-state index contributed by atoms with van der Waals surface area (Å²) >= 11 is 5.41. The summed E-state index contributed by atoms with van der Waals surface area (Å²) in [6.45, 7) is 2.81. The SMILES string of the molecule is Cc1cccc(Sc2ccc(CCN)cc2Br)c1. The Morgan fingerprint density at radius 3 is 2.67 bits per heavy atom. The van der Waals surface area contributed by atoms with Gasteiger partial charge in [0.2, 0.25) is 0 Å². The van der Waals surface area contributed by atoms with Gasteiger partial charge in [0, 0.05) is 14.3 Å². The number of benzene rings is 2. The van der Waals surface area contributed by atoms with Gasteiger partial charge < -0.3 is 5.73 Å². The molecule has 0 spiro atoms. The van der Waals surface area contributed by atoms with Crippen molar-refractivity contribution in [1.82, 2.24) is 0 Å². The van der Waals surface area contributed by atoms with Gasteiger partial charge in [-0.1, -0.05) is 35.5 Å². The van der Waals surface area contributed by atoms with Crippen LogP contribution in [0.1, 0.15) is 11.1 Å². The predicted molar refractivity (Wildman–Crippen MR) is 82.2 cm³/mol. The van der Waals surface area contributed by atoms with Crippen molar-refractivity contribution in [2.45, 2.75) is 23.1 Å². The highest BCUT2D eigenvalue weighted by Gasteiger charge is 2.04. The zero-order chi connectivity index (χ0) is 13.0. The highest BCUT2D eigenvalue weighted by molar-refractivity contribution is 9.10. The van der Waals surface area contributed by atoms with Crippen LogP contribution in [0.2, 0.25) is 0 Å². The molecule has 0 bridgehead atoms. The quantitative estimate of drug-likeness (QED) is 0.902. The summed E-state index contributed by atoms with van der Waals surface area (Å²) in [5.74, 6) is 0. The zero-order valence-electron chi connectivity index (χ0n) is 10.3. The molecular formula is C15H16BrNS. The average molecular weight is 322 g/mol. The maximum atomic E-state index is 5.57. The molecule has 0 aromatic heterocycles. The van der Waals surface area contributed by atoms with Gasteiger partial charge in [0.15, 0.2) is 0 Å². The second-order valence-electron chi connectivity index (χ2n) is 4.22. The van der Waals surface area contributed by atoms with Gasteiger partial charge in [-0.2, -0.15) is 0 Å². The van der Waals surface area contributed by atoms with E-state index >= 15 is 0 Å². The molecule has 0 aliphatic heterocycles. The molecule has 2 aromatic carbocycles. The number of aryl methyl sites for hydroxylation is 1. The number of hydrogen-bond donors (Lipinski definition) is 1. The summed E-state index contributed by atoms with van der Waals surface area (Å²) in [6, 6.07) is 15.0. The van der Waals surface area contributed by atoms with Gasteiger partial charge in [-0.15, -0.1) is 0 Å². The molecule has 0 radical (unpaired) electrons. The van der Waals surface area contributed by atoms with Gasteiger partial charge in [-0.3, -0.25) is 0 Å². The fourth-order valence-corrected chi connectivity index (χ4v) is 3.36. The van der Waals surface area contributed by atoms with E-state index in [9.17, 15) is 0 Å². The minimum atomic E-state index is 0.691. The molecule has 0 unspecified atom stereocenters. The Morgan fingerprint density at radius 2 is 2.00 bits per heavy atom. The largest absolute Gasteiger partial charge is 0.330 e. The lowest BCUT2D eigenvalue weighted by Crippen LogP contribution is -2.02. The smallest absolute Gasteiger partial charge is 0.0317 e. The lowest BCUT2D eigenvalue weighted by atomic mass is 10.2. The van der Waals surface area contributed by atoms with Crippen molar-refractivity contribution >= 4 is 27.7 Å². The Labute approximate surface area is 121 Å². The molecule has 1 nitrogen and oxygen atoms in total. The average Bonchev–Trinajstić information content (AvgIpc) is 2.33. The maximum Gasteiger partial charge on any atom is 0.0317 e. The van der Waals surface area contributed by atoms with Crippen molar-refractivity contribution in [3.05, 3.63) is 58.1 Å². The highest BCUT2D eigenvalue weighted by atomic mass is 79.9. The first-order valence-electron chi connectivity index (χ1n) is 5.92. The number of nitrogens with two attached hydrogens (primary N) is 1. The van der Waals surface area contributed by atoms with Crippen LogP contribution >= 0.6 is 27.7 Å². The number of hydrogen-bond acceptors (Lipinski definition) is 2. The molecular weight excluding hydrogens is 306 g/mol. The first kappa shape index (κ1) is 13.7. The third-order valence-corrected chi connectivity index (χ3v) is 4.63. The van der Waals surface area contributed by atoms with Crippen LogP contribution < -0.4 is 5.73 Å². The van der Waals surface area contributed by atoms with E-state index in [-0.39, 0.29) is 0 Å². The van der Waals surface area contributed by atoms with Crippen LogP contribution in [0.4, 0.5) is 0 Å². The van der Waals surface area contributed by atoms with Crippen molar-refractivity contribution in [3.63, 3.8) is 0 Å². The van der Waals surface area contributed by atoms with Crippen molar-refractivity contribution in [2.24, 2.45) is 5.73 Å². The number of rotatable bonds is 4. The lowest BCUT2D eigenvalue weighted by Gasteiger charge is -2.07. The first-order valence-corrected chi connectivity index (χ1v) is 7.53. The van der Waals surface area contributed by atoms with E-state index < -0.39 is 0 Å². The second kappa shape index (κ2) is 6.41. The van der Waals surface area contributed by atoms with Gasteiger partial charge in [0.25, 0.3) is 0 Å². The molecule has 0 fully saturated rings. The Balaban J connectivity index is 2.19. The van der Waals surface area contributed by atoms with E-state index in [0.717, 1.165) is 10.9 Å². The molecule has 0 saturated heterocycles. The Hall–Kier alpha value is -0.770. The normalized spacial score (nSPS) is 10.6. The third kappa shape index (κ3) is 3.61. The Morgan fingerprint density at radius 1 is 1.17 bits per heavy atom. The summed E-state index contributed by atoms with van der Waals surface area (Å²) in [6.07, 6.45) is 0.925. The minimum absolute atomic E-state index is 0.691. The van der Waals surface area contributed by atoms with Crippen molar-refractivity contribution < 1.29 is 0 Å². The molecule has 0 aliphatic rings. The molecule has 3 heteroatoms. The van der Waals surface area contributed by atoms with Crippen LogP contribution in [0.3, 0.4) is 0 Å². The summed E-state index contributed by atoms with van der Waals surface area (Å²) in [4.78, 5) is 2.50. The van der Waals surface area contributed by atoms with Gasteiger partial charge in [-0.25, -0.2) is 0 Å². The Bertz CT molecular complexity index is 540. The molecule has 94 valence electrons. The molecule has 2 aromatic rings. The molecule has 0 aliphatic carbocycles. The van der Waals surface area contributed by atoms with Crippen LogP contribution in [0.15, 0.2) is 56.7 Å². The van der Waals surface area contributed by atoms with Crippen molar-refractivity contribution in [2.75, 3.05) is 6.54 Å². The lowest BCUT2D eigenvalue weighted by molar-refractivity contribution is 0.965. The molecule has 2 rings (SSSR count). The first-order chi connectivity index (χ1) is 8.69. The van der Waals surface area contributed by atoms with Crippen LogP contribution in [-0.2, 0) is 6.42 Å². The van der Waals surface area contributed by atoms with Gasteiger partial charge in [0.05, 0.1) is 0 Å². The second-order valence-corrected chi connectivity index (χ2v) is 6.19. The predicted octanol–water partition coefficient (Wildman–Crippen LogP) is 4.41. The maximum absolute atomic E-state index is 5.57. The highest BCUT2D eigenvalue weighted by Crippen LogP contribution is 2.34. The third-order valence-electron chi connectivity index (χ3n) is 2.65. The summed E-state index contributed by atoms with van der Waals surface area (Å²) in [5.41, 5.74) is 8.13. The molecule has 2 N–H and O–H groups in total. The van der Waals surface area contributed by atoms with Crippen LogP contribution in [-0.4, -0.2) is 6.54 Å². The van der Waals surface area contributed by atoms with E-state index in [2.05, 4.69) is 65.3 Å². The van der Waals surface area contributed by atoms with E-state index in [4.69, 9.17) is 5.73 Å². The topological polar surface area (TPSA) is 26.0 Å². The van der Waals surface area contributed by atoms with E-state index in [1.807, 2.05) is 0 Å². The number of halogens is 1. The van der Waals surface area contributed by atoms with Crippen LogP contribution in [0, 0.1) is 6.92 Å². The van der Waals surface area contributed by atoms with E-state index in [0.29, 0.717) is 6.54 Å². The summed E-state index contributed by atoms with van der Waals surface area (Å²) in [7, 11) is 0. The summed E-state index contributed by atoms with van der Waals surface area (Å²) in [5, 5.41) is 0. The Kier molecular flexibility index (Phi) is 4.87. The van der Waals surface area contributed by atoms with Crippen LogP contribution in [0.5, 0.6) is 0 Å².